The van der Waals surface area contributed by atoms with Gasteiger partial charge in [-0.25, -0.2) is 0 Å². The molecule has 22 heavy (non-hydrogen) atoms. The number of amides is 2. The number of methoxy groups -OCH3 is 1. The highest BCUT2D eigenvalue weighted by atomic mass is 35.5. The molecule has 7 nitrogen and oxygen atoms in total. The Bertz CT molecular complexity index is 587. The van der Waals surface area contributed by atoms with Crippen molar-refractivity contribution in [2.75, 3.05) is 19.0 Å². The molecule has 2 N–H and O–H groups in total. The van der Waals surface area contributed by atoms with E-state index in [1.165, 1.54) is 7.11 Å². The molecule has 118 valence electrons. The molecular formula is C14H16ClN3O4. The molecule has 2 amide bonds. The van der Waals surface area contributed by atoms with Crippen molar-refractivity contribution in [3.05, 3.63) is 23.2 Å². The first-order valence-electron chi connectivity index (χ1n) is 6.67. The Morgan fingerprint density at radius 3 is 2.91 bits per heavy atom. The Morgan fingerprint density at radius 1 is 1.45 bits per heavy atom. The highest BCUT2D eigenvalue weighted by Gasteiger charge is 2.23. The van der Waals surface area contributed by atoms with Crippen molar-refractivity contribution in [3.63, 3.8) is 0 Å². The third-order valence-corrected chi connectivity index (χ3v) is 3.04. The van der Waals surface area contributed by atoms with Crippen LogP contribution >= 0.6 is 11.6 Å². The first-order valence-corrected chi connectivity index (χ1v) is 7.05. The van der Waals surface area contributed by atoms with Crippen LogP contribution in [0.2, 0.25) is 5.02 Å². The van der Waals surface area contributed by atoms with Gasteiger partial charge in [0.15, 0.2) is 6.61 Å². The fourth-order valence-electron chi connectivity index (χ4n) is 1.62. The summed E-state index contributed by atoms with van der Waals surface area (Å²) >= 11 is 5.86. The Labute approximate surface area is 132 Å². The second kappa shape index (κ2) is 7.65. The van der Waals surface area contributed by atoms with E-state index in [9.17, 15) is 9.59 Å². The first-order chi connectivity index (χ1) is 10.6. The summed E-state index contributed by atoms with van der Waals surface area (Å²) < 4.78 is 5.10. The molecular weight excluding hydrogens is 310 g/mol. The number of hydrogen-bond donors (Lipinski definition) is 2. The van der Waals surface area contributed by atoms with Crippen LogP contribution in [0.5, 0.6) is 5.75 Å². The van der Waals surface area contributed by atoms with Gasteiger partial charge in [0.2, 0.25) is 0 Å². The summed E-state index contributed by atoms with van der Waals surface area (Å²) in [5.74, 6) is -0.310. The van der Waals surface area contributed by atoms with Crippen molar-refractivity contribution in [3.8, 4) is 5.75 Å². The van der Waals surface area contributed by atoms with Gasteiger partial charge in [-0.15, -0.1) is 0 Å². The second-order valence-electron chi connectivity index (χ2n) is 4.68. The van der Waals surface area contributed by atoms with Crippen LogP contribution in [0.4, 0.5) is 5.69 Å². The summed E-state index contributed by atoms with van der Waals surface area (Å²) in [7, 11) is 1.48. The van der Waals surface area contributed by atoms with Crippen LogP contribution in [0.3, 0.4) is 0 Å². The molecule has 0 atom stereocenters. The molecule has 0 unspecified atom stereocenters. The molecule has 1 saturated carbocycles. The van der Waals surface area contributed by atoms with E-state index in [1.807, 2.05) is 0 Å². The predicted molar refractivity (Wildman–Crippen MR) is 82.2 cm³/mol. The van der Waals surface area contributed by atoms with Crippen LogP contribution in [0, 0.1) is 0 Å². The zero-order valence-corrected chi connectivity index (χ0v) is 12.7. The zero-order valence-electron chi connectivity index (χ0n) is 12.0. The number of carbonyl (C=O) groups excluding carboxylic acids is 2. The summed E-state index contributed by atoms with van der Waals surface area (Å²) in [5.41, 5.74) is 0.415. The summed E-state index contributed by atoms with van der Waals surface area (Å²) in [6.45, 7) is -0.221. The number of hydrogen-bond acceptors (Lipinski definition) is 5. The van der Waals surface area contributed by atoms with Gasteiger partial charge in [-0.3, -0.25) is 9.59 Å². The SMILES string of the molecule is COc1ccc(Cl)cc1NC(=O)/C=N\OCC(=O)NC1CC1. The average Bonchev–Trinajstić information content (AvgIpc) is 3.28. The van der Waals surface area contributed by atoms with E-state index >= 15 is 0 Å². The first kappa shape index (κ1) is 16.1. The molecule has 1 aliphatic carbocycles. The van der Waals surface area contributed by atoms with Crippen LogP contribution in [-0.2, 0) is 14.4 Å². The zero-order chi connectivity index (χ0) is 15.9. The maximum absolute atomic E-state index is 11.7. The summed E-state index contributed by atoms with van der Waals surface area (Å²) in [4.78, 5) is 27.7. The summed E-state index contributed by atoms with van der Waals surface area (Å²) in [5, 5.41) is 9.19. The number of anilines is 1. The lowest BCUT2D eigenvalue weighted by Gasteiger charge is -2.08. The van der Waals surface area contributed by atoms with Crippen LogP contribution in [0.1, 0.15) is 12.8 Å². The van der Waals surface area contributed by atoms with Crippen molar-refractivity contribution >= 4 is 35.3 Å². The van der Waals surface area contributed by atoms with E-state index in [0.717, 1.165) is 19.1 Å². The Hall–Kier alpha value is -2.28. The largest absolute Gasteiger partial charge is 0.495 e. The van der Waals surface area contributed by atoms with E-state index in [-0.39, 0.29) is 18.6 Å². The topological polar surface area (TPSA) is 89.0 Å². The van der Waals surface area contributed by atoms with Gasteiger partial charge in [-0.2, -0.15) is 0 Å². The lowest BCUT2D eigenvalue weighted by atomic mass is 10.3. The molecule has 0 aliphatic heterocycles. The van der Waals surface area contributed by atoms with Crippen LogP contribution < -0.4 is 15.4 Å². The quantitative estimate of drug-likeness (QED) is 0.588. The number of benzene rings is 1. The van der Waals surface area contributed by atoms with Crippen molar-refractivity contribution in [2.45, 2.75) is 18.9 Å². The number of oxime groups is 1. The Kier molecular flexibility index (Phi) is 5.60. The van der Waals surface area contributed by atoms with E-state index in [0.29, 0.717) is 16.5 Å². The van der Waals surface area contributed by atoms with Gasteiger partial charge in [0.05, 0.1) is 12.8 Å². The number of carbonyl (C=O) groups is 2. The fraction of sp³-hybridized carbons (Fsp3) is 0.357. The molecule has 0 radical (unpaired) electrons. The average molecular weight is 326 g/mol. The molecule has 8 heteroatoms. The predicted octanol–water partition coefficient (Wildman–Crippen LogP) is 1.57. The standard InChI is InChI=1S/C14H16ClN3O4/c1-21-12-5-2-9(15)6-11(12)18-13(19)7-16-22-8-14(20)17-10-3-4-10/h2,5-7,10H,3-4,8H2,1H3,(H,17,20)(H,18,19)/b16-7-. The van der Waals surface area contributed by atoms with Gasteiger partial charge >= 0.3 is 0 Å². The molecule has 1 fully saturated rings. The number of halogens is 1. The Morgan fingerprint density at radius 2 is 2.23 bits per heavy atom. The van der Waals surface area contributed by atoms with Crippen molar-refractivity contribution < 1.29 is 19.2 Å². The molecule has 1 aromatic carbocycles. The third-order valence-electron chi connectivity index (χ3n) is 2.80. The highest BCUT2D eigenvalue weighted by molar-refractivity contribution is 6.33. The maximum Gasteiger partial charge on any atom is 0.270 e. The summed E-state index contributed by atoms with van der Waals surface area (Å²) in [6, 6.07) is 5.09. The van der Waals surface area contributed by atoms with Crippen LogP contribution in [0.25, 0.3) is 0 Å². The lowest BCUT2D eigenvalue weighted by molar-refractivity contribution is -0.126. The second-order valence-corrected chi connectivity index (χ2v) is 5.12. The van der Waals surface area contributed by atoms with E-state index in [4.69, 9.17) is 21.2 Å². The number of nitrogens with one attached hydrogen (secondary N) is 2. The minimum absolute atomic E-state index is 0.221. The number of ether oxygens (including phenoxy) is 1. The molecule has 0 heterocycles. The minimum Gasteiger partial charge on any atom is -0.495 e. The molecule has 0 spiro atoms. The van der Waals surface area contributed by atoms with Gasteiger partial charge in [0.25, 0.3) is 11.8 Å². The van der Waals surface area contributed by atoms with Gasteiger partial charge in [0.1, 0.15) is 12.0 Å². The van der Waals surface area contributed by atoms with Crippen molar-refractivity contribution in [1.82, 2.24) is 5.32 Å². The van der Waals surface area contributed by atoms with E-state index < -0.39 is 5.91 Å². The van der Waals surface area contributed by atoms with Crippen molar-refractivity contribution in [2.24, 2.45) is 5.16 Å². The van der Waals surface area contributed by atoms with Gasteiger partial charge in [-0.05, 0) is 31.0 Å². The third kappa shape index (κ3) is 5.25. The molecule has 0 aromatic heterocycles. The minimum atomic E-state index is -0.525. The lowest BCUT2D eigenvalue weighted by Crippen LogP contribution is -2.28. The highest BCUT2D eigenvalue weighted by Crippen LogP contribution is 2.27. The Balaban J connectivity index is 1.78. The smallest absolute Gasteiger partial charge is 0.270 e. The monoisotopic (exact) mass is 325 g/mol. The molecule has 2 rings (SSSR count). The molecule has 1 aliphatic rings. The van der Waals surface area contributed by atoms with Crippen LogP contribution in [0.15, 0.2) is 23.4 Å². The fourth-order valence-corrected chi connectivity index (χ4v) is 1.79. The van der Waals surface area contributed by atoms with Gasteiger partial charge in [0, 0.05) is 11.1 Å². The number of nitrogens with zero attached hydrogens (tertiary/aromatic N) is 1. The van der Waals surface area contributed by atoms with Gasteiger partial charge < -0.3 is 20.2 Å². The summed E-state index contributed by atoms with van der Waals surface area (Å²) in [6.07, 6.45) is 2.93. The van der Waals surface area contributed by atoms with E-state index in [2.05, 4.69) is 15.8 Å². The van der Waals surface area contributed by atoms with E-state index in [1.54, 1.807) is 18.2 Å². The van der Waals surface area contributed by atoms with Gasteiger partial charge in [-0.1, -0.05) is 16.8 Å². The molecule has 0 saturated heterocycles. The normalized spacial score (nSPS) is 13.7. The number of rotatable bonds is 7. The molecule has 0 bridgehead atoms. The van der Waals surface area contributed by atoms with Crippen LogP contribution in [-0.4, -0.2) is 37.8 Å². The maximum atomic E-state index is 11.7. The molecule has 1 aromatic rings. The van der Waals surface area contributed by atoms with Crippen molar-refractivity contribution in [1.29, 1.82) is 0 Å².